The number of carbonyl (C=O) groups excluding carboxylic acids is 1. The molecule has 0 aliphatic rings. The highest BCUT2D eigenvalue weighted by Gasteiger charge is 2.38. The topological polar surface area (TPSA) is 69.6 Å². The smallest absolute Gasteiger partial charge is 0.316 e. The zero-order valence-corrected chi connectivity index (χ0v) is 13.2. The lowest BCUT2D eigenvalue weighted by Gasteiger charge is -2.31. The molecule has 112 valence electrons. The normalized spacial score (nSPS) is 15.4. The Morgan fingerprint density at radius 3 is 1.95 bits per heavy atom. The summed E-state index contributed by atoms with van der Waals surface area (Å²) in [5.74, 6) is -2.26. The molecule has 5 nitrogen and oxygen atoms in total. The second-order valence-electron chi connectivity index (χ2n) is 6.76. The molecular weight excluding hydrogens is 244 g/mol. The maximum absolute atomic E-state index is 12.2. The summed E-state index contributed by atoms with van der Waals surface area (Å²) in [4.78, 5) is 25.5. The lowest BCUT2D eigenvalue weighted by atomic mass is 9.80. The summed E-state index contributed by atoms with van der Waals surface area (Å²) in [5, 5.41) is 12.1. The Kier molecular flexibility index (Phi) is 6.49. The van der Waals surface area contributed by atoms with Gasteiger partial charge in [-0.05, 0) is 25.4 Å². The minimum Gasteiger partial charge on any atom is -0.481 e. The summed E-state index contributed by atoms with van der Waals surface area (Å²) in [6.07, 6.45) is 0. The number of nitrogens with one attached hydrogen (secondary N) is 1. The molecule has 0 bridgehead atoms. The van der Waals surface area contributed by atoms with Gasteiger partial charge in [0.2, 0.25) is 5.91 Å². The number of amides is 1. The fourth-order valence-electron chi connectivity index (χ4n) is 1.96. The van der Waals surface area contributed by atoms with Crippen molar-refractivity contribution in [3.05, 3.63) is 0 Å². The van der Waals surface area contributed by atoms with Crippen molar-refractivity contribution in [1.82, 2.24) is 10.2 Å². The summed E-state index contributed by atoms with van der Waals surface area (Å²) in [5.41, 5.74) is -0.602. The van der Waals surface area contributed by atoms with Crippen LogP contribution < -0.4 is 5.32 Å². The van der Waals surface area contributed by atoms with E-state index in [9.17, 15) is 14.7 Å². The summed E-state index contributed by atoms with van der Waals surface area (Å²) < 4.78 is 0. The molecule has 0 aliphatic heterocycles. The molecule has 0 heterocycles. The number of likely N-dealkylation sites (N-methyl/N-ethyl adjacent to an activating group) is 1. The molecule has 0 fully saturated rings. The first-order chi connectivity index (χ1) is 8.46. The molecule has 2 atom stereocenters. The number of carboxylic acids is 1. The largest absolute Gasteiger partial charge is 0.481 e. The van der Waals surface area contributed by atoms with Gasteiger partial charge in [-0.2, -0.15) is 0 Å². The van der Waals surface area contributed by atoms with Gasteiger partial charge in [0, 0.05) is 12.6 Å². The third-order valence-corrected chi connectivity index (χ3v) is 3.07. The van der Waals surface area contributed by atoms with E-state index in [1.807, 2.05) is 32.8 Å². The van der Waals surface area contributed by atoms with Gasteiger partial charge in [-0.15, -0.1) is 0 Å². The van der Waals surface area contributed by atoms with Crippen molar-refractivity contribution >= 4 is 11.9 Å². The Morgan fingerprint density at radius 1 is 1.21 bits per heavy atom. The average Bonchev–Trinajstić information content (AvgIpc) is 2.11. The Hall–Kier alpha value is -1.10. The molecule has 0 rings (SSSR count). The monoisotopic (exact) mass is 272 g/mol. The molecule has 0 radical (unpaired) electrons. The van der Waals surface area contributed by atoms with Crippen LogP contribution in [0.5, 0.6) is 0 Å². The predicted molar refractivity (Wildman–Crippen MR) is 75.9 cm³/mol. The highest BCUT2D eigenvalue weighted by Crippen LogP contribution is 2.26. The quantitative estimate of drug-likeness (QED) is 0.718. The van der Waals surface area contributed by atoms with Crippen molar-refractivity contribution < 1.29 is 14.7 Å². The molecule has 5 heteroatoms. The molecule has 19 heavy (non-hydrogen) atoms. The third-order valence-electron chi connectivity index (χ3n) is 3.07. The van der Waals surface area contributed by atoms with Crippen LogP contribution in [0.4, 0.5) is 0 Å². The van der Waals surface area contributed by atoms with Gasteiger partial charge in [-0.25, -0.2) is 0 Å². The summed E-state index contributed by atoms with van der Waals surface area (Å²) in [7, 11) is 3.86. The Bertz CT molecular complexity index is 319. The average molecular weight is 272 g/mol. The highest BCUT2D eigenvalue weighted by atomic mass is 16.4. The van der Waals surface area contributed by atoms with Gasteiger partial charge in [0.25, 0.3) is 0 Å². The highest BCUT2D eigenvalue weighted by molar-refractivity contribution is 5.97. The van der Waals surface area contributed by atoms with Crippen LogP contribution in [0, 0.1) is 17.3 Å². The van der Waals surface area contributed by atoms with Gasteiger partial charge in [-0.1, -0.05) is 34.6 Å². The lowest BCUT2D eigenvalue weighted by molar-refractivity contribution is -0.151. The first kappa shape index (κ1) is 17.9. The molecule has 0 saturated carbocycles. The summed E-state index contributed by atoms with van der Waals surface area (Å²) in [6.45, 7) is 10.0. The second kappa shape index (κ2) is 6.89. The van der Waals surface area contributed by atoms with Crippen LogP contribution in [0.2, 0.25) is 0 Å². The maximum Gasteiger partial charge on any atom is 0.316 e. The first-order valence-corrected chi connectivity index (χ1v) is 6.64. The Labute approximate surface area is 116 Å². The van der Waals surface area contributed by atoms with Gasteiger partial charge in [0.05, 0.1) is 0 Å². The van der Waals surface area contributed by atoms with Crippen molar-refractivity contribution in [2.24, 2.45) is 17.3 Å². The van der Waals surface area contributed by atoms with Gasteiger partial charge in [0.1, 0.15) is 5.92 Å². The fourth-order valence-corrected chi connectivity index (χ4v) is 1.96. The number of carboxylic acid groups (broad SMARTS) is 1. The fraction of sp³-hybridized carbons (Fsp3) is 0.857. The molecule has 2 unspecified atom stereocenters. The summed E-state index contributed by atoms with van der Waals surface area (Å²) in [6, 6.07) is -0.0494. The van der Waals surface area contributed by atoms with E-state index in [1.165, 1.54) is 0 Å². The van der Waals surface area contributed by atoms with E-state index in [1.54, 1.807) is 20.8 Å². The standard InChI is InChI=1S/C14H28N2O3/c1-9(2)10(8-16(6)7)15-12(17)11(13(18)19)14(3,4)5/h9-11H,8H2,1-7H3,(H,15,17)(H,18,19). The zero-order valence-electron chi connectivity index (χ0n) is 13.2. The number of aliphatic carboxylic acids is 1. The predicted octanol–water partition coefficient (Wildman–Crippen LogP) is 1.44. The molecular formula is C14H28N2O3. The maximum atomic E-state index is 12.2. The van der Waals surface area contributed by atoms with Gasteiger partial charge < -0.3 is 15.3 Å². The Balaban J connectivity index is 4.92. The number of rotatable bonds is 6. The van der Waals surface area contributed by atoms with E-state index in [2.05, 4.69) is 5.32 Å². The van der Waals surface area contributed by atoms with Crippen LogP contribution in [0.15, 0.2) is 0 Å². The van der Waals surface area contributed by atoms with Crippen molar-refractivity contribution in [3.8, 4) is 0 Å². The van der Waals surface area contributed by atoms with Crippen molar-refractivity contribution in [1.29, 1.82) is 0 Å². The number of hydrogen-bond acceptors (Lipinski definition) is 3. The van der Waals surface area contributed by atoms with Crippen LogP contribution in [-0.4, -0.2) is 48.6 Å². The second-order valence-corrected chi connectivity index (χ2v) is 6.76. The van der Waals surface area contributed by atoms with E-state index >= 15 is 0 Å². The number of hydrogen-bond donors (Lipinski definition) is 2. The zero-order chi connectivity index (χ0) is 15.4. The van der Waals surface area contributed by atoms with E-state index in [-0.39, 0.29) is 12.0 Å². The van der Waals surface area contributed by atoms with Gasteiger partial charge in [-0.3, -0.25) is 9.59 Å². The third kappa shape index (κ3) is 6.05. The molecule has 0 aliphatic carbocycles. The first-order valence-electron chi connectivity index (χ1n) is 6.64. The number of nitrogens with zero attached hydrogens (tertiary/aromatic N) is 1. The van der Waals surface area contributed by atoms with E-state index in [0.717, 1.165) is 0 Å². The van der Waals surface area contributed by atoms with Crippen LogP contribution in [0.1, 0.15) is 34.6 Å². The molecule has 0 saturated heterocycles. The molecule has 0 aromatic rings. The lowest BCUT2D eigenvalue weighted by Crippen LogP contribution is -2.51. The molecule has 2 N–H and O–H groups in total. The number of carbonyl (C=O) groups is 2. The van der Waals surface area contributed by atoms with E-state index < -0.39 is 23.2 Å². The minimum atomic E-state index is -1.07. The Morgan fingerprint density at radius 2 is 1.68 bits per heavy atom. The summed E-state index contributed by atoms with van der Waals surface area (Å²) >= 11 is 0. The van der Waals surface area contributed by atoms with E-state index in [0.29, 0.717) is 6.54 Å². The van der Waals surface area contributed by atoms with Crippen LogP contribution >= 0.6 is 0 Å². The SMILES string of the molecule is CC(C)C(CN(C)C)NC(=O)C(C(=O)O)C(C)(C)C. The molecule has 0 spiro atoms. The van der Waals surface area contributed by atoms with Gasteiger partial charge >= 0.3 is 5.97 Å². The van der Waals surface area contributed by atoms with E-state index in [4.69, 9.17) is 0 Å². The van der Waals surface area contributed by atoms with Crippen molar-refractivity contribution in [2.45, 2.75) is 40.7 Å². The molecule has 0 aromatic carbocycles. The van der Waals surface area contributed by atoms with Crippen LogP contribution in [0.25, 0.3) is 0 Å². The van der Waals surface area contributed by atoms with Crippen LogP contribution in [-0.2, 0) is 9.59 Å². The minimum absolute atomic E-state index is 0.0494. The molecule has 1 amide bonds. The van der Waals surface area contributed by atoms with Gasteiger partial charge in [0.15, 0.2) is 0 Å². The van der Waals surface area contributed by atoms with Crippen LogP contribution in [0.3, 0.4) is 0 Å². The van der Waals surface area contributed by atoms with Crippen molar-refractivity contribution in [2.75, 3.05) is 20.6 Å². The molecule has 0 aromatic heterocycles. The van der Waals surface area contributed by atoms with Crippen molar-refractivity contribution in [3.63, 3.8) is 0 Å².